The highest BCUT2D eigenvalue weighted by atomic mass is 16.7. The Kier molecular flexibility index (Phi) is 4.65. The van der Waals surface area contributed by atoms with Crippen molar-refractivity contribution < 1.29 is 19.0 Å². The van der Waals surface area contributed by atoms with Crippen LogP contribution in [0.1, 0.15) is 25.5 Å². The minimum atomic E-state index is -0.798. The van der Waals surface area contributed by atoms with Crippen LogP contribution in [0.25, 0.3) is 0 Å². The average molecular weight is 200 g/mol. The second kappa shape index (κ2) is 5.80. The number of aliphatic hydroxyl groups is 1. The predicted octanol–water partition coefficient (Wildman–Crippen LogP) is 1.71. The molecule has 0 saturated heterocycles. The maximum absolute atomic E-state index is 9.82. The van der Waals surface area contributed by atoms with Gasteiger partial charge in [0.05, 0.1) is 12.5 Å². The molecule has 0 aromatic carbocycles. The third kappa shape index (κ3) is 2.83. The van der Waals surface area contributed by atoms with E-state index >= 15 is 0 Å². The third-order valence-corrected chi connectivity index (χ3v) is 1.80. The topological polar surface area (TPSA) is 51.8 Å². The fraction of sp³-hybridized carbons (Fsp3) is 0.600. The van der Waals surface area contributed by atoms with Crippen molar-refractivity contribution in [2.24, 2.45) is 0 Å². The van der Waals surface area contributed by atoms with E-state index < -0.39 is 12.4 Å². The Hall–Kier alpha value is -0.840. The monoisotopic (exact) mass is 200 g/mol. The quantitative estimate of drug-likeness (QED) is 0.710. The molecular formula is C10H16O4. The van der Waals surface area contributed by atoms with E-state index in [2.05, 4.69) is 0 Å². The number of furan rings is 1. The summed E-state index contributed by atoms with van der Waals surface area (Å²) in [7, 11) is 0. The third-order valence-electron chi connectivity index (χ3n) is 1.80. The number of rotatable bonds is 6. The van der Waals surface area contributed by atoms with Gasteiger partial charge in [0.25, 0.3) is 0 Å². The maximum atomic E-state index is 9.82. The molecule has 80 valence electrons. The van der Waals surface area contributed by atoms with Crippen molar-refractivity contribution in [3.8, 4) is 0 Å². The van der Waals surface area contributed by atoms with Gasteiger partial charge in [0.2, 0.25) is 0 Å². The first kappa shape index (κ1) is 11.2. The smallest absolute Gasteiger partial charge is 0.187 e. The van der Waals surface area contributed by atoms with Gasteiger partial charge in [0.1, 0.15) is 6.10 Å². The molecule has 1 aromatic rings. The van der Waals surface area contributed by atoms with Crippen LogP contribution in [0.15, 0.2) is 23.0 Å². The summed E-state index contributed by atoms with van der Waals surface area (Å²) in [6, 6.07) is 1.69. The SMILES string of the molecule is CCOC(OCC)C(O)c1ccoc1. The molecule has 1 unspecified atom stereocenters. The molecule has 1 N–H and O–H groups in total. The van der Waals surface area contributed by atoms with Crippen LogP contribution in [0.4, 0.5) is 0 Å². The van der Waals surface area contributed by atoms with Crippen molar-refractivity contribution in [2.45, 2.75) is 26.2 Å². The van der Waals surface area contributed by atoms with Gasteiger partial charge in [-0.25, -0.2) is 0 Å². The molecule has 0 fully saturated rings. The zero-order valence-corrected chi connectivity index (χ0v) is 8.47. The number of ether oxygens (including phenoxy) is 2. The van der Waals surface area contributed by atoms with E-state index in [9.17, 15) is 5.11 Å². The Morgan fingerprint density at radius 3 is 2.43 bits per heavy atom. The summed E-state index contributed by atoms with van der Waals surface area (Å²) in [5.41, 5.74) is 0.664. The van der Waals surface area contributed by atoms with E-state index in [0.717, 1.165) is 0 Å². The molecule has 1 atom stereocenters. The van der Waals surface area contributed by atoms with Crippen LogP contribution < -0.4 is 0 Å². The summed E-state index contributed by atoms with van der Waals surface area (Å²) in [6.07, 6.45) is 1.57. The van der Waals surface area contributed by atoms with Gasteiger partial charge in [-0.15, -0.1) is 0 Å². The van der Waals surface area contributed by atoms with Crippen molar-refractivity contribution in [1.29, 1.82) is 0 Å². The number of hydrogen-bond acceptors (Lipinski definition) is 4. The summed E-state index contributed by atoms with van der Waals surface area (Å²) in [5, 5.41) is 9.82. The van der Waals surface area contributed by atoms with E-state index in [1.54, 1.807) is 6.07 Å². The van der Waals surface area contributed by atoms with Crippen molar-refractivity contribution >= 4 is 0 Å². The predicted molar refractivity (Wildman–Crippen MR) is 50.7 cm³/mol. The Labute approximate surface area is 83.4 Å². The first-order valence-electron chi connectivity index (χ1n) is 4.73. The minimum Gasteiger partial charge on any atom is -0.472 e. The molecule has 0 saturated carbocycles. The standard InChI is InChI=1S/C10H16O4/c1-3-13-10(14-4-2)9(11)8-5-6-12-7-8/h5-7,9-11H,3-4H2,1-2H3. The normalized spacial score (nSPS) is 13.4. The molecule has 0 radical (unpaired) electrons. The van der Waals surface area contributed by atoms with Gasteiger partial charge in [0.15, 0.2) is 6.29 Å². The summed E-state index contributed by atoms with van der Waals surface area (Å²) in [4.78, 5) is 0. The molecular weight excluding hydrogens is 184 g/mol. The van der Waals surface area contributed by atoms with Gasteiger partial charge in [-0.05, 0) is 19.9 Å². The van der Waals surface area contributed by atoms with Crippen LogP contribution in [-0.4, -0.2) is 24.6 Å². The van der Waals surface area contributed by atoms with Crippen LogP contribution in [0, 0.1) is 0 Å². The van der Waals surface area contributed by atoms with Crippen LogP contribution in [0.2, 0.25) is 0 Å². The van der Waals surface area contributed by atoms with E-state index in [1.165, 1.54) is 12.5 Å². The molecule has 0 aliphatic heterocycles. The molecule has 0 aliphatic rings. The van der Waals surface area contributed by atoms with Crippen LogP contribution in [0.3, 0.4) is 0 Å². The van der Waals surface area contributed by atoms with Gasteiger partial charge >= 0.3 is 0 Å². The van der Waals surface area contributed by atoms with Gasteiger partial charge in [-0.2, -0.15) is 0 Å². The second-order valence-electron chi connectivity index (χ2n) is 2.78. The van der Waals surface area contributed by atoms with Gasteiger partial charge < -0.3 is 19.0 Å². The highest BCUT2D eigenvalue weighted by Crippen LogP contribution is 2.20. The summed E-state index contributed by atoms with van der Waals surface area (Å²) < 4.78 is 15.4. The maximum Gasteiger partial charge on any atom is 0.187 e. The van der Waals surface area contributed by atoms with Crippen molar-refractivity contribution in [3.05, 3.63) is 24.2 Å². The minimum absolute atomic E-state index is 0.500. The van der Waals surface area contributed by atoms with Crippen LogP contribution in [0.5, 0.6) is 0 Å². The fourth-order valence-corrected chi connectivity index (χ4v) is 1.16. The summed E-state index contributed by atoms with van der Waals surface area (Å²) in [5.74, 6) is 0. The lowest BCUT2D eigenvalue weighted by Crippen LogP contribution is -2.25. The van der Waals surface area contributed by atoms with Crippen molar-refractivity contribution in [1.82, 2.24) is 0 Å². The Bertz CT molecular complexity index is 226. The highest BCUT2D eigenvalue weighted by molar-refractivity contribution is 5.09. The summed E-state index contributed by atoms with van der Waals surface area (Å²) in [6.45, 7) is 4.71. The van der Waals surface area contributed by atoms with Crippen LogP contribution >= 0.6 is 0 Å². The first-order chi connectivity index (χ1) is 6.79. The molecule has 1 rings (SSSR count). The molecule has 0 spiro atoms. The average Bonchev–Trinajstić information content (AvgIpc) is 2.69. The van der Waals surface area contributed by atoms with E-state index in [4.69, 9.17) is 13.9 Å². The molecule has 14 heavy (non-hydrogen) atoms. The molecule has 4 nitrogen and oxygen atoms in total. The molecule has 1 heterocycles. The zero-order chi connectivity index (χ0) is 10.4. The lowest BCUT2D eigenvalue weighted by molar-refractivity contribution is -0.191. The van der Waals surface area contributed by atoms with E-state index in [0.29, 0.717) is 18.8 Å². The second-order valence-corrected chi connectivity index (χ2v) is 2.78. The number of hydrogen-bond donors (Lipinski definition) is 1. The highest BCUT2D eigenvalue weighted by Gasteiger charge is 2.22. The molecule has 0 aliphatic carbocycles. The van der Waals surface area contributed by atoms with E-state index in [1.807, 2.05) is 13.8 Å². The largest absolute Gasteiger partial charge is 0.472 e. The molecule has 0 bridgehead atoms. The summed E-state index contributed by atoms with van der Waals surface area (Å²) >= 11 is 0. The van der Waals surface area contributed by atoms with Gasteiger partial charge in [-0.3, -0.25) is 0 Å². The fourth-order valence-electron chi connectivity index (χ4n) is 1.16. The lowest BCUT2D eigenvalue weighted by Gasteiger charge is -2.21. The van der Waals surface area contributed by atoms with Crippen molar-refractivity contribution in [3.63, 3.8) is 0 Å². The zero-order valence-electron chi connectivity index (χ0n) is 8.47. The van der Waals surface area contributed by atoms with Gasteiger partial charge in [-0.1, -0.05) is 0 Å². The Morgan fingerprint density at radius 1 is 1.36 bits per heavy atom. The lowest BCUT2D eigenvalue weighted by atomic mass is 10.2. The van der Waals surface area contributed by atoms with E-state index in [-0.39, 0.29) is 0 Å². The first-order valence-corrected chi connectivity index (χ1v) is 4.73. The van der Waals surface area contributed by atoms with Crippen molar-refractivity contribution in [2.75, 3.05) is 13.2 Å². The van der Waals surface area contributed by atoms with Crippen LogP contribution in [-0.2, 0) is 9.47 Å². The molecule has 4 heteroatoms. The van der Waals surface area contributed by atoms with Gasteiger partial charge in [0, 0.05) is 18.8 Å². The Balaban J connectivity index is 2.58. The Morgan fingerprint density at radius 2 is 2.00 bits per heavy atom. The number of aliphatic hydroxyl groups excluding tert-OH is 1. The molecule has 1 aromatic heterocycles. The molecule has 0 amide bonds.